The molecule has 0 saturated heterocycles. The Hall–Kier alpha value is -1.37. The van der Waals surface area contributed by atoms with E-state index in [4.69, 9.17) is 5.73 Å². The van der Waals surface area contributed by atoms with E-state index in [1.54, 1.807) is 27.0 Å². The van der Waals surface area contributed by atoms with Gasteiger partial charge in [0.15, 0.2) is 5.82 Å². The maximum atomic E-state index is 12.4. The zero-order valence-electron chi connectivity index (χ0n) is 10.1. The second-order valence-corrected chi connectivity index (χ2v) is 7.63. The molecule has 2 rings (SSSR count). The molecule has 2 N–H and O–H groups in total. The maximum absolute atomic E-state index is 12.4. The molecule has 1 aliphatic rings. The average Bonchev–Trinajstić information content (AvgIpc) is 2.58. The van der Waals surface area contributed by atoms with Crippen molar-refractivity contribution in [2.75, 3.05) is 16.6 Å². The minimum Gasteiger partial charge on any atom is -0.368 e. The van der Waals surface area contributed by atoms with Crippen molar-refractivity contribution < 1.29 is 8.42 Å². The third-order valence-corrected chi connectivity index (χ3v) is 5.23. The molecule has 0 amide bonds. The Labute approximate surface area is 101 Å². The smallest absolute Gasteiger partial charge is 0.241 e. The van der Waals surface area contributed by atoms with E-state index in [2.05, 4.69) is 9.97 Å². The fourth-order valence-electron chi connectivity index (χ4n) is 1.70. The number of sulfonamides is 1. The summed E-state index contributed by atoms with van der Waals surface area (Å²) in [6.07, 6.45) is 2.22. The number of aromatic nitrogens is 2. The van der Waals surface area contributed by atoms with Crippen LogP contribution in [0.2, 0.25) is 0 Å². The molecule has 0 bridgehead atoms. The number of rotatable bonds is 1. The molecular weight excluding hydrogens is 240 g/mol. The lowest BCUT2D eigenvalue weighted by molar-refractivity contribution is 0.556. The molecule has 7 heteroatoms. The first-order valence-corrected chi connectivity index (χ1v) is 6.81. The van der Waals surface area contributed by atoms with Gasteiger partial charge in [0.05, 0.1) is 4.75 Å². The minimum absolute atomic E-state index is 0.0970. The molecule has 0 atom stereocenters. The lowest BCUT2D eigenvalue weighted by Gasteiger charge is -2.27. The first-order valence-electron chi connectivity index (χ1n) is 5.37. The SMILES string of the molecule is CC(C)(C)S(=O)(=O)N1CCc2cnc(N)nc21. The van der Waals surface area contributed by atoms with Gasteiger partial charge < -0.3 is 5.73 Å². The van der Waals surface area contributed by atoms with Crippen molar-refractivity contribution in [3.8, 4) is 0 Å². The summed E-state index contributed by atoms with van der Waals surface area (Å²) in [5.41, 5.74) is 6.33. The van der Waals surface area contributed by atoms with Crippen LogP contribution in [0.1, 0.15) is 26.3 Å². The highest BCUT2D eigenvalue weighted by Gasteiger charge is 2.39. The fourth-order valence-corrected chi connectivity index (χ4v) is 3.07. The molecule has 94 valence electrons. The summed E-state index contributed by atoms with van der Waals surface area (Å²) < 4.78 is 25.2. The van der Waals surface area contributed by atoms with Crippen LogP contribution >= 0.6 is 0 Å². The molecule has 0 fully saturated rings. The van der Waals surface area contributed by atoms with E-state index in [9.17, 15) is 8.42 Å². The van der Waals surface area contributed by atoms with Gasteiger partial charge in [0.1, 0.15) is 0 Å². The first kappa shape index (κ1) is 12.1. The van der Waals surface area contributed by atoms with E-state index >= 15 is 0 Å². The minimum atomic E-state index is -3.42. The van der Waals surface area contributed by atoms with Crippen LogP contribution in [0.4, 0.5) is 11.8 Å². The summed E-state index contributed by atoms with van der Waals surface area (Å²) in [4.78, 5) is 7.90. The highest BCUT2D eigenvalue weighted by molar-refractivity contribution is 7.94. The molecule has 0 saturated carbocycles. The average molecular weight is 256 g/mol. The van der Waals surface area contributed by atoms with Crippen LogP contribution in [0.5, 0.6) is 0 Å². The van der Waals surface area contributed by atoms with E-state index in [0.717, 1.165) is 5.56 Å². The van der Waals surface area contributed by atoms with Crippen molar-refractivity contribution in [1.29, 1.82) is 0 Å². The number of fused-ring (bicyclic) bond motifs is 1. The summed E-state index contributed by atoms with van der Waals surface area (Å²) in [7, 11) is -3.42. The van der Waals surface area contributed by atoms with E-state index in [1.807, 2.05) is 0 Å². The van der Waals surface area contributed by atoms with Gasteiger partial charge in [-0.1, -0.05) is 0 Å². The number of anilines is 2. The Kier molecular flexibility index (Phi) is 2.53. The molecule has 0 aromatic carbocycles. The predicted molar refractivity (Wildman–Crippen MR) is 66.2 cm³/mol. The third kappa shape index (κ3) is 1.84. The Bertz CT molecular complexity index is 548. The van der Waals surface area contributed by atoms with Crippen LogP contribution in [0.15, 0.2) is 6.20 Å². The summed E-state index contributed by atoms with van der Waals surface area (Å²) in [5, 5.41) is 0. The van der Waals surface area contributed by atoms with E-state index < -0.39 is 14.8 Å². The zero-order chi connectivity index (χ0) is 12.8. The van der Waals surface area contributed by atoms with Gasteiger partial charge in [-0.25, -0.2) is 13.4 Å². The van der Waals surface area contributed by atoms with Crippen molar-refractivity contribution in [2.45, 2.75) is 31.9 Å². The van der Waals surface area contributed by atoms with E-state index in [0.29, 0.717) is 18.8 Å². The number of hydrogen-bond donors (Lipinski definition) is 1. The van der Waals surface area contributed by atoms with Crippen LogP contribution in [0, 0.1) is 0 Å². The standard InChI is InChI=1S/C10H16N4O2S/c1-10(2,3)17(15,16)14-5-4-7-6-12-9(11)13-8(7)14/h6H,4-5H2,1-3H3,(H2,11,12,13). The molecule has 1 aromatic heterocycles. The molecular formula is C10H16N4O2S. The molecule has 0 radical (unpaired) electrons. The molecule has 2 heterocycles. The number of nitrogens with two attached hydrogens (primary N) is 1. The monoisotopic (exact) mass is 256 g/mol. The Morgan fingerprint density at radius 1 is 1.41 bits per heavy atom. The van der Waals surface area contributed by atoms with Gasteiger partial charge in [0.2, 0.25) is 16.0 Å². The van der Waals surface area contributed by atoms with Crippen molar-refractivity contribution in [1.82, 2.24) is 9.97 Å². The Morgan fingerprint density at radius 3 is 2.65 bits per heavy atom. The summed E-state index contributed by atoms with van der Waals surface area (Å²) in [6.45, 7) is 5.42. The normalized spacial score (nSPS) is 16.1. The second kappa shape index (κ2) is 3.56. The summed E-state index contributed by atoms with van der Waals surface area (Å²) in [6, 6.07) is 0. The molecule has 0 spiro atoms. The van der Waals surface area contributed by atoms with Crippen molar-refractivity contribution >= 4 is 21.8 Å². The number of nitrogen functional groups attached to an aromatic ring is 1. The molecule has 1 aliphatic heterocycles. The predicted octanol–water partition coefficient (Wildman–Crippen LogP) is 0.550. The lowest BCUT2D eigenvalue weighted by atomic mass is 10.3. The molecule has 1 aromatic rings. The zero-order valence-corrected chi connectivity index (χ0v) is 11.0. The molecule has 0 aliphatic carbocycles. The molecule has 6 nitrogen and oxygen atoms in total. The largest absolute Gasteiger partial charge is 0.368 e. The third-order valence-electron chi connectivity index (χ3n) is 2.74. The Balaban J connectivity index is 2.51. The Morgan fingerprint density at radius 2 is 2.06 bits per heavy atom. The topological polar surface area (TPSA) is 89.2 Å². The highest BCUT2D eigenvalue weighted by Crippen LogP contribution is 2.32. The number of hydrogen-bond acceptors (Lipinski definition) is 5. The van der Waals surface area contributed by atoms with Gasteiger partial charge in [-0.2, -0.15) is 4.98 Å². The van der Waals surface area contributed by atoms with Gasteiger partial charge in [-0.05, 0) is 27.2 Å². The first-order chi connectivity index (χ1) is 7.73. The van der Waals surface area contributed by atoms with Crippen LogP contribution in [0.25, 0.3) is 0 Å². The van der Waals surface area contributed by atoms with Gasteiger partial charge in [-0.3, -0.25) is 4.31 Å². The van der Waals surface area contributed by atoms with Gasteiger partial charge >= 0.3 is 0 Å². The van der Waals surface area contributed by atoms with Crippen LogP contribution in [-0.4, -0.2) is 29.7 Å². The van der Waals surface area contributed by atoms with Crippen LogP contribution in [0.3, 0.4) is 0 Å². The lowest BCUT2D eigenvalue weighted by Crippen LogP contribution is -2.42. The quantitative estimate of drug-likeness (QED) is 0.792. The van der Waals surface area contributed by atoms with Crippen molar-refractivity contribution in [3.63, 3.8) is 0 Å². The van der Waals surface area contributed by atoms with E-state index in [1.165, 1.54) is 4.31 Å². The van der Waals surface area contributed by atoms with E-state index in [-0.39, 0.29) is 5.95 Å². The fraction of sp³-hybridized carbons (Fsp3) is 0.600. The van der Waals surface area contributed by atoms with Gasteiger partial charge in [0.25, 0.3) is 0 Å². The van der Waals surface area contributed by atoms with Crippen LogP contribution < -0.4 is 10.0 Å². The summed E-state index contributed by atoms with van der Waals surface area (Å²) in [5.74, 6) is 0.521. The maximum Gasteiger partial charge on any atom is 0.241 e. The van der Waals surface area contributed by atoms with Crippen molar-refractivity contribution in [2.24, 2.45) is 0 Å². The highest BCUT2D eigenvalue weighted by atomic mass is 32.2. The molecule has 0 unspecified atom stereocenters. The van der Waals surface area contributed by atoms with Gasteiger partial charge in [-0.15, -0.1) is 0 Å². The summed E-state index contributed by atoms with van der Waals surface area (Å²) >= 11 is 0. The number of nitrogens with zero attached hydrogens (tertiary/aromatic N) is 3. The van der Waals surface area contributed by atoms with Gasteiger partial charge in [0, 0.05) is 18.3 Å². The second-order valence-electron chi connectivity index (χ2n) is 5.02. The molecule has 17 heavy (non-hydrogen) atoms. The van der Waals surface area contributed by atoms with Crippen molar-refractivity contribution in [3.05, 3.63) is 11.8 Å². The van der Waals surface area contributed by atoms with Crippen LogP contribution in [-0.2, 0) is 16.4 Å².